The Morgan fingerprint density at radius 3 is 2.29 bits per heavy atom. The lowest BCUT2D eigenvalue weighted by Gasteiger charge is -2.34. The standard InChI is InChI=1S/C32H40ClF/c1-3-5-6-7-8-29-21-22-30(32(34)31(29)33)28-19-17-27(18-20-28)26-15-13-25(14-16-26)24-11-9-23(4-2)10-12-24/h4,15,17-25H,2-3,5-14,16H2,1H3. The van der Waals surface area contributed by atoms with E-state index in [1.165, 1.54) is 68.9 Å². The Morgan fingerprint density at radius 2 is 1.65 bits per heavy atom. The molecule has 2 aliphatic rings. The highest BCUT2D eigenvalue weighted by Crippen LogP contribution is 2.41. The van der Waals surface area contributed by atoms with E-state index in [1.807, 2.05) is 12.1 Å². The molecule has 34 heavy (non-hydrogen) atoms. The summed E-state index contributed by atoms with van der Waals surface area (Å²) in [7, 11) is 0. The topological polar surface area (TPSA) is 0 Å². The van der Waals surface area contributed by atoms with Crippen LogP contribution in [0.15, 0.2) is 55.1 Å². The first-order valence-electron chi connectivity index (χ1n) is 13.5. The Bertz CT molecular complexity index is 979. The summed E-state index contributed by atoms with van der Waals surface area (Å²) < 4.78 is 15.1. The molecule has 0 amide bonds. The molecule has 4 rings (SSSR count). The fourth-order valence-corrected chi connectivity index (χ4v) is 6.27. The number of benzene rings is 2. The van der Waals surface area contributed by atoms with Gasteiger partial charge in [0, 0.05) is 5.56 Å². The summed E-state index contributed by atoms with van der Waals surface area (Å²) in [6.45, 7) is 6.18. The van der Waals surface area contributed by atoms with Crippen molar-refractivity contribution in [3.8, 4) is 11.1 Å². The molecule has 182 valence electrons. The van der Waals surface area contributed by atoms with Crippen LogP contribution in [0.3, 0.4) is 0 Å². The summed E-state index contributed by atoms with van der Waals surface area (Å²) in [6.07, 6.45) is 19.1. The molecule has 0 heterocycles. The second-order valence-electron chi connectivity index (χ2n) is 10.5. The van der Waals surface area contributed by atoms with Crippen LogP contribution in [0.25, 0.3) is 16.7 Å². The normalized spacial score (nSPS) is 22.9. The number of allylic oxidation sites excluding steroid dienone is 3. The molecule has 0 N–H and O–H groups in total. The maximum Gasteiger partial charge on any atom is 0.149 e. The van der Waals surface area contributed by atoms with Gasteiger partial charge in [0.05, 0.1) is 5.02 Å². The molecule has 1 saturated carbocycles. The smallest absolute Gasteiger partial charge is 0.149 e. The van der Waals surface area contributed by atoms with E-state index in [0.717, 1.165) is 48.1 Å². The van der Waals surface area contributed by atoms with Crippen LogP contribution < -0.4 is 0 Å². The van der Waals surface area contributed by atoms with Gasteiger partial charge in [-0.1, -0.05) is 86.3 Å². The van der Waals surface area contributed by atoms with Crippen LogP contribution in [0.2, 0.25) is 5.02 Å². The lowest BCUT2D eigenvalue weighted by atomic mass is 9.71. The highest BCUT2D eigenvalue weighted by Gasteiger charge is 2.28. The Kier molecular flexibility index (Phi) is 9.06. The summed E-state index contributed by atoms with van der Waals surface area (Å²) in [5.41, 5.74) is 5.14. The molecule has 1 fully saturated rings. The molecule has 2 heteroatoms. The molecule has 0 spiro atoms. The van der Waals surface area contributed by atoms with Crippen molar-refractivity contribution in [3.63, 3.8) is 0 Å². The third-order valence-electron chi connectivity index (χ3n) is 8.30. The first-order valence-corrected chi connectivity index (χ1v) is 13.9. The van der Waals surface area contributed by atoms with Gasteiger partial charge in [0.25, 0.3) is 0 Å². The zero-order valence-electron chi connectivity index (χ0n) is 20.8. The summed E-state index contributed by atoms with van der Waals surface area (Å²) in [5, 5.41) is 0.293. The van der Waals surface area contributed by atoms with Crippen molar-refractivity contribution in [2.45, 2.75) is 84.0 Å². The van der Waals surface area contributed by atoms with E-state index in [9.17, 15) is 0 Å². The van der Waals surface area contributed by atoms with Crippen molar-refractivity contribution in [3.05, 3.63) is 77.1 Å². The molecule has 1 atom stereocenters. The molecule has 0 saturated heterocycles. The fourth-order valence-electron chi connectivity index (χ4n) is 6.01. The van der Waals surface area contributed by atoms with Gasteiger partial charge < -0.3 is 0 Å². The first-order chi connectivity index (χ1) is 16.6. The van der Waals surface area contributed by atoms with E-state index in [1.54, 1.807) is 0 Å². The molecular weight excluding hydrogens is 439 g/mol. The summed E-state index contributed by atoms with van der Waals surface area (Å²) in [6, 6.07) is 12.3. The molecule has 0 nitrogen and oxygen atoms in total. The second-order valence-corrected chi connectivity index (χ2v) is 10.8. The van der Waals surface area contributed by atoms with Gasteiger partial charge in [0.2, 0.25) is 0 Å². The minimum Gasteiger partial charge on any atom is -0.205 e. The molecule has 0 radical (unpaired) electrons. The molecule has 0 aliphatic heterocycles. The maximum absolute atomic E-state index is 15.1. The van der Waals surface area contributed by atoms with Crippen molar-refractivity contribution in [1.29, 1.82) is 0 Å². The number of unbranched alkanes of at least 4 members (excludes halogenated alkanes) is 3. The summed E-state index contributed by atoms with van der Waals surface area (Å²) in [4.78, 5) is 0. The lowest BCUT2D eigenvalue weighted by molar-refractivity contribution is 0.212. The van der Waals surface area contributed by atoms with Gasteiger partial charge in [-0.3, -0.25) is 0 Å². The lowest BCUT2D eigenvalue weighted by Crippen LogP contribution is -2.22. The van der Waals surface area contributed by atoms with E-state index < -0.39 is 0 Å². The van der Waals surface area contributed by atoms with E-state index in [4.69, 9.17) is 11.6 Å². The Balaban J connectivity index is 1.38. The van der Waals surface area contributed by atoms with Gasteiger partial charge >= 0.3 is 0 Å². The number of aryl methyl sites for hydroxylation is 1. The van der Waals surface area contributed by atoms with E-state index in [2.05, 4.69) is 49.9 Å². The number of hydrogen-bond donors (Lipinski definition) is 0. The third-order valence-corrected chi connectivity index (χ3v) is 8.71. The molecular formula is C32H40ClF. The molecule has 1 unspecified atom stereocenters. The van der Waals surface area contributed by atoms with Crippen molar-refractivity contribution in [2.24, 2.45) is 17.8 Å². The van der Waals surface area contributed by atoms with Crippen molar-refractivity contribution < 1.29 is 4.39 Å². The van der Waals surface area contributed by atoms with Crippen LogP contribution in [-0.4, -0.2) is 0 Å². The van der Waals surface area contributed by atoms with Crippen LogP contribution in [0, 0.1) is 23.6 Å². The van der Waals surface area contributed by atoms with E-state index in [-0.39, 0.29) is 5.82 Å². The zero-order chi connectivity index (χ0) is 23.9. The van der Waals surface area contributed by atoms with Gasteiger partial charge in [-0.05, 0) is 97.8 Å². The van der Waals surface area contributed by atoms with Crippen LogP contribution in [0.1, 0.15) is 88.7 Å². The minimum atomic E-state index is -0.284. The molecule has 0 aromatic heterocycles. The molecule has 0 bridgehead atoms. The minimum absolute atomic E-state index is 0.284. The van der Waals surface area contributed by atoms with Gasteiger partial charge in [0.15, 0.2) is 0 Å². The van der Waals surface area contributed by atoms with Gasteiger partial charge in [-0.2, -0.15) is 0 Å². The van der Waals surface area contributed by atoms with Gasteiger partial charge in [0.1, 0.15) is 5.82 Å². The molecule has 2 aliphatic carbocycles. The largest absolute Gasteiger partial charge is 0.205 e. The Labute approximate surface area is 211 Å². The monoisotopic (exact) mass is 478 g/mol. The molecule has 2 aromatic rings. The number of hydrogen-bond acceptors (Lipinski definition) is 0. The van der Waals surface area contributed by atoms with Crippen LogP contribution in [0.4, 0.5) is 4.39 Å². The molecule has 2 aromatic carbocycles. The fraction of sp³-hybridized carbons (Fsp3) is 0.500. The van der Waals surface area contributed by atoms with Crippen molar-refractivity contribution >= 4 is 17.2 Å². The highest BCUT2D eigenvalue weighted by molar-refractivity contribution is 6.31. The van der Waals surface area contributed by atoms with Crippen LogP contribution in [-0.2, 0) is 6.42 Å². The maximum atomic E-state index is 15.1. The van der Waals surface area contributed by atoms with Gasteiger partial charge in [-0.25, -0.2) is 4.39 Å². The second kappa shape index (κ2) is 12.2. The number of rotatable bonds is 9. The predicted molar refractivity (Wildman–Crippen MR) is 146 cm³/mol. The van der Waals surface area contributed by atoms with Crippen LogP contribution >= 0.6 is 11.6 Å². The van der Waals surface area contributed by atoms with Crippen LogP contribution in [0.5, 0.6) is 0 Å². The summed E-state index contributed by atoms with van der Waals surface area (Å²) >= 11 is 6.42. The zero-order valence-corrected chi connectivity index (χ0v) is 21.6. The average Bonchev–Trinajstić information content (AvgIpc) is 2.89. The Morgan fingerprint density at radius 1 is 0.912 bits per heavy atom. The van der Waals surface area contributed by atoms with E-state index >= 15 is 4.39 Å². The third kappa shape index (κ3) is 6.03. The quantitative estimate of drug-likeness (QED) is 0.248. The Hall–Kier alpha value is -1.86. The predicted octanol–water partition coefficient (Wildman–Crippen LogP) is 10.4. The number of halogens is 2. The van der Waals surface area contributed by atoms with Crippen molar-refractivity contribution in [1.82, 2.24) is 0 Å². The first kappa shape index (κ1) is 25.2. The van der Waals surface area contributed by atoms with E-state index in [0.29, 0.717) is 10.6 Å². The SMILES string of the molecule is C=CC1CCC(C2CC=C(c3ccc(-c4ccc(CCCCCC)c(Cl)c4F)cc3)CC2)CC1. The average molecular weight is 479 g/mol. The van der Waals surface area contributed by atoms with Crippen molar-refractivity contribution in [2.75, 3.05) is 0 Å². The van der Waals surface area contributed by atoms with Gasteiger partial charge in [-0.15, -0.1) is 6.58 Å². The summed E-state index contributed by atoms with van der Waals surface area (Å²) in [5.74, 6) is 2.18. The highest BCUT2D eigenvalue weighted by atomic mass is 35.5.